The van der Waals surface area contributed by atoms with Crippen LogP contribution in [0.2, 0.25) is 5.02 Å². The Bertz CT molecular complexity index is 736. The molecule has 0 bridgehead atoms. The maximum atomic E-state index is 12.2. The van der Waals surface area contributed by atoms with Crippen LogP contribution >= 0.6 is 22.9 Å². The minimum Gasteiger partial charge on any atom is -0.484 e. The summed E-state index contributed by atoms with van der Waals surface area (Å²) in [4.78, 5) is 14.5. The maximum absolute atomic E-state index is 12.2. The monoisotopic (exact) mass is 393 g/mol. The molecule has 2 N–H and O–H groups in total. The molecule has 1 saturated carbocycles. The largest absolute Gasteiger partial charge is 0.484 e. The average molecular weight is 394 g/mol. The van der Waals surface area contributed by atoms with Crippen LogP contribution in [0.4, 0.5) is 0 Å². The van der Waals surface area contributed by atoms with Crippen molar-refractivity contribution in [2.45, 2.75) is 44.1 Å². The molecule has 0 aliphatic heterocycles. The fourth-order valence-corrected chi connectivity index (χ4v) is 4.74. The van der Waals surface area contributed by atoms with E-state index in [9.17, 15) is 9.90 Å². The number of hydrogen-bond donors (Lipinski definition) is 2. The van der Waals surface area contributed by atoms with Crippen LogP contribution < -0.4 is 10.1 Å². The Morgan fingerprint density at radius 3 is 2.58 bits per heavy atom. The summed E-state index contributed by atoms with van der Waals surface area (Å²) in [6, 6.07) is 11.1. The molecule has 26 heavy (non-hydrogen) atoms. The summed E-state index contributed by atoms with van der Waals surface area (Å²) in [5.41, 5.74) is -0.0201. The highest BCUT2D eigenvalue weighted by atomic mass is 35.5. The summed E-state index contributed by atoms with van der Waals surface area (Å²) in [6.07, 6.45) is 4.00. The number of carbonyl (C=O) groups excluding carboxylic acids is 1. The van der Waals surface area contributed by atoms with E-state index in [4.69, 9.17) is 16.3 Å². The predicted molar refractivity (Wildman–Crippen MR) is 105 cm³/mol. The van der Waals surface area contributed by atoms with Gasteiger partial charge in [0.1, 0.15) is 5.75 Å². The van der Waals surface area contributed by atoms with Gasteiger partial charge in [0.2, 0.25) is 0 Å². The minimum atomic E-state index is -0.449. The van der Waals surface area contributed by atoms with Gasteiger partial charge < -0.3 is 15.2 Å². The van der Waals surface area contributed by atoms with Crippen LogP contribution in [-0.2, 0) is 10.2 Å². The first-order valence-corrected chi connectivity index (χ1v) is 10.1. The molecule has 2 aromatic rings. The average Bonchev–Trinajstić information content (AvgIpc) is 3.29. The van der Waals surface area contributed by atoms with E-state index in [0.717, 1.165) is 17.7 Å². The molecule has 1 aromatic carbocycles. The molecule has 1 atom stereocenters. The fraction of sp³-hybridized carbons (Fsp3) is 0.450. The van der Waals surface area contributed by atoms with Gasteiger partial charge in [-0.3, -0.25) is 4.79 Å². The lowest BCUT2D eigenvalue weighted by Crippen LogP contribution is -2.40. The van der Waals surface area contributed by atoms with Crippen molar-refractivity contribution in [3.8, 4) is 5.75 Å². The van der Waals surface area contributed by atoms with E-state index < -0.39 is 6.10 Å². The molecule has 1 aliphatic rings. The van der Waals surface area contributed by atoms with Gasteiger partial charge in [-0.05, 0) is 56.2 Å². The SMILES string of the molecule is CC(O)c1ccc(C2(CNC(=O)COc3ccc(Cl)cc3)CCCC2)s1. The van der Waals surface area contributed by atoms with Crippen molar-refractivity contribution in [2.24, 2.45) is 0 Å². The molecule has 4 nitrogen and oxygen atoms in total. The second kappa shape index (κ2) is 8.42. The first-order valence-electron chi connectivity index (χ1n) is 8.92. The summed E-state index contributed by atoms with van der Waals surface area (Å²) in [5.74, 6) is 0.499. The maximum Gasteiger partial charge on any atom is 0.257 e. The van der Waals surface area contributed by atoms with Gasteiger partial charge in [-0.15, -0.1) is 11.3 Å². The second-order valence-electron chi connectivity index (χ2n) is 6.88. The third-order valence-electron chi connectivity index (χ3n) is 4.93. The van der Waals surface area contributed by atoms with Crippen molar-refractivity contribution in [2.75, 3.05) is 13.2 Å². The Hall–Kier alpha value is -1.56. The van der Waals surface area contributed by atoms with E-state index in [-0.39, 0.29) is 17.9 Å². The van der Waals surface area contributed by atoms with Gasteiger partial charge in [0, 0.05) is 26.7 Å². The molecular formula is C20H24ClNO3S. The van der Waals surface area contributed by atoms with E-state index in [1.54, 1.807) is 42.5 Å². The topological polar surface area (TPSA) is 58.6 Å². The van der Waals surface area contributed by atoms with Gasteiger partial charge in [-0.25, -0.2) is 0 Å². The molecule has 1 amide bonds. The fourth-order valence-electron chi connectivity index (χ4n) is 3.42. The molecular weight excluding hydrogens is 370 g/mol. The smallest absolute Gasteiger partial charge is 0.257 e. The number of ether oxygens (including phenoxy) is 1. The number of aliphatic hydroxyl groups is 1. The standard InChI is InChI=1S/C20H24ClNO3S/c1-14(23)17-8-9-18(26-17)20(10-2-3-11-20)13-22-19(24)12-25-16-6-4-15(21)5-7-16/h4-9,14,23H,2-3,10-13H2,1H3,(H,22,24). The first kappa shape index (κ1) is 19.2. The molecule has 1 fully saturated rings. The van der Waals surface area contributed by atoms with Crippen molar-refractivity contribution < 1.29 is 14.6 Å². The number of halogens is 1. The lowest BCUT2D eigenvalue weighted by Gasteiger charge is -2.28. The quantitative estimate of drug-likeness (QED) is 0.730. The minimum absolute atomic E-state index is 0.0128. The number of benzene rings is 1. The summed E-state index contributed by atoms with van der Waals surface area (Å²) >= 11 is 7.50. The predicted octanol–water partition coefficient (Wildman–Crippen LogP) is 4.46. The Morgan fingerprint density at radius 1 is 1.27 bits per heavy atom. The van der Waals surface area contributed by atoms with Gasteiger partial charge in [0.15, 0.2) is 6.61 Å². The number of aliphatic hydroxyl groups excluding tert-OH is 1. The van der Waals surface area contributed by atoms with Crippen molar-refractivity contribution in [3.05, 3.63) is 51.2 Å². The number of rotatable bonds is 7. The summed E-state index contributed by atoms with van der Waals surface area (Å²) < 4.78 is 5.51. The molecule has 0 radical (unpaired) electrons. The van der Waals surface area contributed by atoms with Crippen LogP contribution in [0.3, 0.4) is 0 Å². The summed E-state index contributed by atoms with van der Waals surface area (Å²) in [6.45, 7) is 2.38. The third-order valence-corrected chi connectivity index (χ3v) is 6.68. The lowest BCUT2D eigenvalue weighted by atomic mass is 9.84. The van der Waals surface area contributed by atoms with Crippen molar-refractivity contribution in [1.82, 2.24) is 5.32 Å². The molecule has 1 aliphatic carbocycles. The zero-order chi connectivity index (χ0) is 18.6. The number of hydrogen-bond acceptors (Lipinski definition) is 4. The zero-order valence-corrected chi connectivity index (χ0v) is 16.4. The summed E-state index contributed by atoms with van der Waals surface area (Å²) in [7, 11) is 0. The molecule has 1 aromatic heterocycles. The third kappa shape index (κ3) is 4.58. The van der Waals surface area contributed by atoms with Crippen LogP contribution in [-0.4, -0.2) is 24.2 Å². The second-order valence-corrected chi connectivity index (χ2v) is 8.44. The number of nitrogens with one attached hydrogen (secondary N) is 1. The molecule has 140 valence electrons. The van der Waals surface area contributed by atoms with Crippen molar-refractivity contribution in [1.29, 1.82) is 0 Å². The number of carbonyl (C=O) groups is 1. The molecule has 1 unspecified atom stereocenters. The highest BCUT2D eigenvalue weighted by Gasteiger charge is 2.37. The molecule has 6 heteroatoms. The van der Waals surface area contributed by atoms with E-state index in [1.165, 1.54) is 17.7 Å². The Kier molecular flexibility index (Phi) is 6.22. The highest BCUT2D eigenvalue weighted by molar-refractivity contribution is 7.12. The Labute approximate surface area is 163 Å². The van der Waals surface area contributed by atoms with Crippen molar-refractivity contribution in [3.63, 3.8) is 0 Å². The zero-order valence-electron chi connectivity index (χ0n) is 14.8. The van der Waals surface area contributed by atoms with Gasteiger partial charge in [0.05, 0.1) is 6.10 Å². The molecule has 3 rings (SSSR count). The van der Waals surface area contributed by atoms with Gasteiger partial charge in [0.25, 0.3) is 5.91 Å². The van der Waals surface area contributed by atoms with Crippen LogP contribution in [0.1, 0.15) is 48.5 Å². The Balaban J connectivity index is 1.58. The van der Waals surface area contributed by atoms with E-state index >= 15 is 0 Å². The molecule has 0 saturated heterocycles. The first-order chi connectivity index (χ1) is 12.5. The van der Waals surface area contributed by atoms with Gasteiger partial charge in [-0.1, -0.05) is 24.4 Å². The normalized spacial score (nSPS) is 17.0. The molecule has 0 spiro atoms. The number of thiophene rings is 1. The number of amides is 1. The summed E-state index contributed by atoms with van der Waals surface area (Å²) in [5, 5.41) is 13.5. The van der Waals surface area contributed by atoms with Crippen LogP contribution in [0.15, 0.2) is 36.4 Å². The molecule has 1 heterocycles. The van der Waals surface area contributed by atoms with Gasteiger partial charge in [-0.2, -0.15) is 0 Å². The van der Waals surface area contributed by atoms with Crippen LogP contribution in [0.25, 0.3) is 0 Å². The van der Waals surface area contributed by atoms with Crippen LogP contribution in [0.5, 0.6) is 5.75 Å². The lowest BCUT2D eigenvalue weighted by molar-refractivity contribution is -0.123. The van der Waals surface area contributed by atoms with E-state index in [1.807, 2.05) is 6.07 Å². The van der Waals surface area contributed by atoms with E-state index in [0.29, 0.717) is 17.3 Å². The van der Waals surface area contributed by atoms with Gasteiger partial charge >= 0.3 is 0 Å². The highest BCUT2D eigenvalue weighted by Crippen LogP contribution is 2.44. The Morgan fingerprint density at radius 2 is 1.96 bits per heavy atom. The van der Waals surface area contributed by atoms with Crippen molar-refractivity contribution >= 4 is 28.8 Å². The van der Waals surface area contributed by atoms with Crippen LogP contribution in [0, 0.1) is 0 Å². The van der Waals surface area contributed by atoms with E-state index in [2.05, 4.69) is 11.4 Å².